The number of pyridine rings is 1. The van der Waals surface area contributed by atoms with Crippen molar-refractivity contribution >= 4 is 17.6 Å². The second kappa shape index (κ2) is 9.73. The number of piperidine rings is 1. The molecule has 3 amide bonds. The largest absolute Gasteiger partial charge is 0.492 e. The topological polar surface area (TPSA) is 83.6 Å². The van der Waals surface area contributed by atoms with Crippen molar-refractivity contribution < 1.29 is 14.3 Å². The maximum absolute atomic E-state index is 12.5. The summed E-state index contributed by atoms with van der Waals surface area (Å²) >= 11 is 0. The van der Waals surface area contributed by atoms with E-state index in [-0.39, 0.29) is 11.9 Å². The molecule has 28 heavy (non-hydrogen) atoms. The molecule has 0 unspecified atom stereocenters. The molecule has 0 saturated carbocycles. The standard InChI is InChI=1S/C21H26N4O3/c1-2-28-19-6-4-3-5-18(19)24-21(27)23-15-16-9-13-25(14-10-16)20(26)17-7-11-22-12-8-17/h3-8,11-12,16H,2,9-10,13-15H2,1H3,(H2,23,24,27). The maximum atomic E-state index is 12.5. The van der Waals surface area contributed by atoms with Gasteiger partial charge in [0.2, 0.25) is 0 Å². The summed E-state index contributed by atoms with van der Waals surface area (Å²) in [4.78, 5) is 30.5. The lowest BCUT2D eigenvalue weighted by Gasteiger charge is -2.32. The van der Waals surface area contributed by atoms with E-state index in [2.05, 4.69) is 15.6 Å². The summed E-state index contributed by atoms with van der Waals surface area (Å²) in [7, 11) is 0. The number of anilines is 1. The molecule has 1 aliphatic rings. The van der Waals surface area contributed by atoms with Crippen LogP contribution in [0.2, 0.25) is 0 Å². The van der Waals surface area contributed by atoms with Crippen LogP contribution in [0.25, 0.3) is 0 Å². The van der Waals surface area contributed by atoms with E-state index in [9.17, 15) is 9.59 Å². The van der Waals surface area contributed by atoms with Crippen molar-refractivity contribution in [3.63, 3.8) is 0 Å². The number of rotatable bonds is 6. The lowest BCUT2D eigenvalue weighted by molar-refractivity contribution is 0.0690. The predicted molar refractivity (Wildman–Crippen MR) is 107 cm³/mol. The Labute approximate surface area is 165 Å². The summed E-state index contributed by atoms with van der Waals surface area (Å²) in [6.45, 7) is 4.42. The summed E-state index contributed by atoms with van der Waals surface area (Å²) < 4.78 is 5.52. The number of hydrogen-bond acceptors (Lipinski definition) is 4. The zero-order valence-corrected chi connectivity index (χ0v) is 16.1. The lowest BCUT2D eigenvalue weighted by Crippen LogP contribution is -2.42. The third-order valence-electron chi connectivity index (χ3n) is 4.82. The minimum atomic E-state index is -0.248. The number of carbonyl (C=O) groups excluding carboxylic acids is 2. The van der Waals surface area contributed by atoms with Gasteiger partial charge in [-0.3, -0.25) is 9.78 Å². The number of benzene rings is 1. The van der Waals surface area contributed by atoms with Crippen LogP contribution in [-0.2, 0) is 0 Å². The Balaban J connectivity index is 1.43. The Hall–Kier alpha value is -3.09. The van der Waals surface area contributed by atoms with Gasteiger partial charge in [-0.15, -0.1) is 0 Å². The average molecular weight is 382 g/mol. The molecule has 7 nitrogen and oxygen atoms in total. The molecule has 2 aromatic rings. The Morgan fingerprint density at radius 1 is 1.14 bits per heavy atom. The molecular formula is C21H26N4O3. The van der Waals surface area contributed by atoms with Crippen LogP contribution in [0, 0.1) is 5.92 Å². The fourth-order valence-electron chi connectivity index (χ4n) is 3.27. The minimum Gasteiger partial charge on any atom is -0.492 e. The van der Waals surface area contributed by atoms with Gasteiger partial charge in [0.1, 0.15) is 5.75 Å². The quantitative estimate of drug-likeness (QED) is 0.804. The van der Waals surface area contributed by atoms with E-state index in [0.717, 1.165) is 12.8 Å². The Morgan fingerprint density at radius 3 is 2.57 bits per heavy atom. The van der Waals surface area contributed by atoms with Crippen molar-refractivity contribution in [3.05, 3.63) is 54.4 Å². The van der Waals surface area contributed by atoms with Crippen LogP contribution in [0.5, 0.6) is 5.75 Å². The Bertz CT molecular complexity index is 789. The van der Waals surface area contributed by atoms with Crippen molar-refractivity contribution in [1.29, 1.82) is 0 Å². The van der Waals surface area contributed by atoms with E-state index in [4.69, 9.17) is 4.74 Å². The molecule has 1 fully saturated rings. The van der Waals surface area contributed by atoms with Gasteiger partial charge < -0.3 is 20.3 Å². The van der Waals surface area contributed by atoms with Crippen molar-refractivity contribution in [2.24, 2.45) is 5.92 Å². The molecule has 1 aliphatic heterocycles. The van der Waals surface area contributed by atoms with Crippen LogP contribution in [-0.4, -0.2) is 48.1 Å². The number of para-hydroxylation sites is 2. The normalized spacial score (nSPS) is 14.4. The maximum Gasteiger partial charge on any atom is 0.319 e. The third-order valence-corrected chi connectivity index (χ3v) is 4.82. The first-order chi connectivity index (χ1) is 13.7. The summed E-state index contributed by atoms with van der Waals surface area (Å²) in [5, 5.41) is 5.77. The van der Waals surface area contributed by atoms with Gasteiger partial charge in [-0.25, -0.2) is 4.79 Å². The monoisotopic (exact) mass is 382 g/mol. The van der Waals surface area contributed by atoms with Crippen LogP contribution < -0.4 is 15.4 Å². The van der Waals surface area contributed by atoms with E-state index in [1.54, 1.807) is 24.5 Å². The molecule has 3 rings (SSSR count). The molecule has 7 heteroatoms. The van der Waals surface area contributed by atoms with E-state index >= 15 is 0 Å². The first-order valence-electron chi connectivity index (χ1n) is 9.63. The van der Waals surface area contributed by atoms with Crippen LogP contribution in [0.3, 0.4) is 0 Å². The zero-order valence-electron chi connectivity index (χ0n) is 16.1. The van der Waals surface area contributed by atoms with E-state index in [1.165, 1.54) is 0 Å². The van der Waals surface area contributed by atoms with E-state index < -0.39 is 0 Å². The molecule has 148 valence electrons. The minimum absolute atomic E-state index is 0.0408. The zero-order chi connectivity index (χ0) is 19.8. The molecule has 0 bridgehead atoms. The number of likely N-dealkylation sites (tertiary alicyclic amines) is 1. The number of ether oxygens (including phenoxy) is 1. The van der Waals surface area contributed by atoms with Gasteiger partial charge in [-0.1, -0.05) is 12.1 Å². The SMILES string of the molecule is CCOc1ccccc1NC(=O)NCC1CCN(C(=O)c2ccncc2)CC1. The fourth-order valence-corrected chi connectivity index (χ4v) is 3.27. The van der Waals surface area contributed by atoms with Gasteiger partial charge in [0, 0.05) is 37.6 Å². The van der Waals surface area contributed by atoms with Gasteiger partial charge in [0.15, 0.2) is 0 Å². The van der Waals surface area contributed by atoms with Crippen LogP contribution in [0.15, 0.2) is 48.8 Å². The molecule has 0 spiro atoms. The lowest BCUT2D eigenvalue weighted by atomic mass is 9.96. The van der Waals surface area contributed by atoms with Crippen molar-refractivity contribution in [3.8, 4) is 5.75 Å². The highest BCUT2D eigenvalue weighted by Gasteiger charge is 2.24. The van der Waals surface area contributed by atoms with Gasteiger partial charge in [-0.2, -0.15) is 0 Å². The molecule has 1 saturated heterocycles. The summed E-state index contributed by atoms with van der Waals surface area (Å²) in [5.41, 5.74) is 1.32. The summed E-state index contributed by atoms with van der Waals surface area (Å²) in [5.74, 6) is 1.05. The van der Waals surface area contributed by atoms with Crippen molar-refractivity contribution in [2.75, 3.05) is 31.6 Å². The number of aromatic nitrogens is 1. The smallest absolute Gasteiger partial charge is 0.319 e. The van der Waals surface area contributed by atoms with Crippen molar-refractivity contribution in [2.45, 2.75) is 19.8 Å². The number of carbonyl (C=O) groups is 2. The first-order valence-corrected chi connectivity index (χ1v) is 9.63. The fraction of sp³-hybridized carbons (Fsp3) is 0.381. The highest BCUT2D eigenvalue weighted by atomic mass is 16.5. The second-order valence-electron chi connectivity index (χ2n) is 6.74. The summed E-state index contributed by atoms with van der Waals surface area (Å²) in [6.07, 6.45) is 5.00. The first kappa shape index (κ1) is 19.7. The summed E-state index contributed by atoms with van der Waals surface area (Å²) in [6, 6.07) is 10.6. The molecule has 2 heterocycles. The van der Waals surface area contributed by atoms with Crippen LogP contribution in [0.1, 0.15) is 30.1 Å². The van der Waals surface area contributed by atoms with Gasteiger partial charge in [0.05, 0.1) is 12.3 Å². The van der Waals surface area contributed by atoms with Gasteiger partial charge >= 0.3 is 6.03 Å². The molecule has 1 aromatic heterocycles. The number of nitrogens with zero attached hydrogens (tertiary/aromatic N) is 2. The Morgan fingerprint density at radius 2 is 1.86 bits per heavy atom. The molecule has 0 radical (unpaired) electrons. The van der Waals surface area contributed by atoms with E-state index in [0.29, 0.717) is 49.2 Å². The average Bonchev–Trinajstić information content (AvgIpc) is 2.74. The number of urea groups is 1. The molecule has 0 atom stereocenters. The van der Waals surface area contributed by atoms with Crippen molar-refractivity contribution in [1.82, 2.24) is 15.2 Å². The number of hydrogen-bond donors (Lipinski definition) is 2. The van der Waals surface area contributed by atoms with E-state index in [1.807, 2.05) is 36.1 Å². The van der Waals surface area contributed by atoms with Crippen LogP contribution >= 0.6 is 0 Å². The molecule has 2 N–H and O–H groups in total. The highest BCUT2D eigenvalue weighted by Crippen LogP contribution is 2.23. The number of amides is 3. The highest BCUT2D eigenvalue weighted by molar-refractivity contribution is 5.94. The van der Waals surface area contributed by atoms with Gasteiger partial charge in [0.25, 0.3) is 5.91 Å². The molecular weight excluding hydrogens is 356 g/mol. The number of nitrogens with one attached hydrogen (secondary N) is 2. The second-order valence-corrected chi connectivity index (χ2v) is 6.74. The van der Waals surface area contributed by atoms with Gasteiger partial charge in [-0.05, 0) is 49.9 Å². The molecule has 1 aromatic carbocycles. The van der Waals surface area contributed by atoms with Crippen LogP contribution in [0.4, 0.5) is 10.5 Å². The third kappa shape index (κ3) is 5.22. The molecule has 0 aliphatic carbocycles. The Kier molecular flexibility index (Phi) is 6.84. The predicted octanol–water partition coefficient (Wildman–Crippen LogP) is 3.15.